The van der Waals surface area contributed by atoms with Crippen molar-refractivity contribution in [3.63, 3.8) is 0 Å². The number of hydrogen-bond acceptors (Lipinski definition) is 6. The Hall–Kier alpha value is -3.39. The van der Waals surface area contributed by atoms with Crippen LogP contribution in [0.3, 0.4) is 0 Å². The van der Waals surface area contributed by atoms with Crippen LogP contribution in [0.4, 0.5) is 16.5 Å². The van der Waals surface area contributed by atoms with Crippen LogP contribution in [0.15, 0.2) is 54.7 Å². The molecule has 7 nitrogen and oxygen atoms in total. The van der Waals surface area contributed by atoms with Gasteiger partial charge in [0.1, 0.15) is 0 Å². The molecule has 2 heterocycles. The van der Waals surface area contributed by atoms with E-state index in [-0.39, 0.29) is 5.91 Å². The van der Waals surface area contributed by atoms with Crippen molar-refractivity contribution in [2.75, 3.05) is 29.6 Å². The maximum atomic E-state index is 11.3. The van der Waals surface area contributed by atoms with Crippen molar-refractivity contribution in [3.8, 4) is 11.3 Å². The first kappa shape index (κ1) is 18.9. The van der Waals surface area contributed by atoms with Gasteiger partial charge in [-0.25, -0.2) is 9.50 Å². The highest BCUT2D eigenvalue weighted by Gasteiger charge is 2.10. The Morgan fingerprint density at radius 3 is 2.66 bits per heavy atom. The standard InChI is InChI=1S/C21H22N6OS/c1-14(28)23-17-6-4-5-16(11-17)19-13-27-21(24-19)29-20(25-27)22-12-15-7-9-18(10-8-15)26(2)3/h4-11,13H,12H2,1-3H3,(H,22,25)(H,23,28). The fourth-order valence-corrected chi connectivity index (χ4v) is 3.74. The highest BCUT2D eigenvalue weighted by Crippen LogP contribution is 2.26. The van der Waals surface area contributed by atoms with Gasteiger partial charge in [-0.3, -0.25) is 4.79 Å². The normalized spacial score (nSPS) is 10.9. The minimum atomic E-state index is -0.0956. The van der Waals surface area contributed by atoms with E-state index in [1.54, 1.807) is 4.52 Å². The SMILES string of the molecule is CC(=O)Nc1cccc(-c2cn3nc(NCc4ccc(N(C)C)cc4)sc3n2)c1. The number of amides is 1. The molecule has 0 fully saturated rings. The van der Waals surface area contributed by atoms with Gasteiger partial charge in [-0.2, -0.15) is 0 Å². The van der Waals surface area contributed by atoms with Crippen LogP contribution >= 0.6 is 11.3 Å². The first-order valence-electron chi connectivity index (χ1n) is 9.22. The molecule has 148 valence electrons. The summed E-state index contributed by atoms with van der Waals surface area (Å²) in [5.41, 5.74) is 4.88. The molecule has 0 unspecified atom stereocenters. The highest BCUT2D eigenvalue weighted by molar-refractivity contribution is 7.20. The predicted octanol–water partition coefficient (Wildman–Crippen LogP) is 4.09. The number of carbonyl (C=O) groups is 1. The summed E-state index contributed by atoms with van der Waals surface area (Å²) in [6.45, 7) is 2.20. The first-order valence-corrected chi connectivity index (χ1v) is 10.0. The molecule has 0 atom stereocenters. The summed E-state index contributed by atoms with van der Waals surface area (Å²) in [5.74, 6) is -0.0956. The van der Waals surface area contributed by atoms with Crippen LogP contribution in [0, 0.1) is 0 Å². The lowest BCUT2D eigenvalue weighted by molar-refractivity contribution is -0.114. The smallest absolute Gasteiger partial charge is 0.221 e. The van der Waals surface area contributed by atoms with Crippen LogP contribution in [0.1, 0.15) is 12.5 Å². The molecule has 0 aliphatic carbocycles. The Kier molecular flexibility index (Phi) is 5.18. The van der Waals surface area contributed by atoms with Gasteiger partial charge in [-0.05, 0) is 29.8 Å². The lowest BCUT2D eigenvalue weighted by atomic mass is 10.1. The van der Waals surface area contributed by atoms with E-state index in [1.807, 2.05) is 44.6 Å². The van der Waals surface area contributed by atoms with E-state index in [4.69, 9.17) is 0 Å². The zero-order valence-corrected chi connectivity index (χ0v) is 17.3. The van der Waals surface area contributed by atoms with E-state index in [9.17, 15) is 4.79 Å². The Balaban J connectivity index is 1.46. The molecule has 0 radical (unpaired) electrons. The summed E-state index contributed by atoms with van der Waals surface area (Å²) in [5, 5.41) is 11.6. The highest BCUT2D eigenvalue weighted by atomic mass is 32.1. The van der Waals surface area contributed by atoms with Gasteiger partial charge in [-0.15, -0.1) is 5.10 Å². The molecule has 0 saturated heterocycles. The van der Waals surface area contributed by atoms with Crippen molar-refractivity contribution in [1.29, 1.82) is 0 Å². The lowest BCUT2D eigenvalue weighted by Crippen LogP contribution is -2.08. The van der Waals surface area contributed by atoms with Crippen molar-refractivity contribution in [3.05, 3.63) is 60.3 Å². The molecule has 4 aromatic rings. The number of aromatic nitrogens is 3. The molecule has 2 aromatic heterocycles. The summed E-state index contributed by atoms with van der Waals surface area (Å²) in [7, 11) is 4.06. The maximum Gasteiger partial charge on any atom is 0.221 e. The number of benzene rings is 2. The topological polar surface area (TPSA) is 74.6 Å². The van der Waals surface area contributed by atoms with Gasteiger partial charge in [0, 0.05) is 44.5 Å². The predicted molar refractivity (Wildman–Crippen MR) is 119 cm³/mol. The molecule has 29 heavy (non-hydrogen) atoms. The van der Waals surface area contributed by atoms with E-state index < -0.39 is 0 Å². The molecule has 0 bridgehead atoms. The van der Waals surface area contributed by atoms with Crippen LogP contribution < -0.4 is 15.5 Å². The van der Waals surface area contributed by atoms with E-state index in [1.165, 1.54) is 29.5 Å². The van der Waals surface area contributed by atoms with Gasteiger partial charge in [0.05, 0.1) is 11.9 Å². The molecule has 0 aliphatic rings. The molecule has 1 amide bonds. The monoisotopic (exact) mass is 406 g/mol. The number of fused-ring (bicyclic) bond motifs is 1. The van der Waals surface area contributed by atoms with Crippen molar-refractivity contribution in [1.82, 2.24) is 14.6 Å². The maximum absolute atomic E-state index is 11.3. The largest absolute Gasteiger partial charge is 0.378 e. The van der Waals surface area contributed by atoms with Gasteiger partial charge in [0.25, 0.3) is 0 Å². The van der Waals surface area contributed by atoms with Gasteiger partial charge in [-0.1, -0.05) is 35.6 Å². The molecular weight excluding hydrogens is 384 g/mol. The van der Waals surface area contributed by atoms with E-state index in [0.29, 0.717) is 6.54 Å². The Labute approximate surface area is 173 Å². The Bertz CT molecular complexity index is 1110. The van der Waals surface area contributed by atoms with Crippen LogP contribution in [0.5, 0.6) is 0 Å². The molecule has 0 saturated carbocycles. The second-order valence-electron chi connectivity index (χ2n) is 6.94. The summed E-state index contributed by atoms with van der Waals surface area (Å²) < 4.78 is 1.78. The summed E-state index contributed by atoms with van der Waals surface area (Å²) in [6.07, 6.45) is 1.90. The number of nitrogens with one attached hydrogen (secondary N) is 2. The second-order valence-corrected chi connectivity index (χ2v) is 7.89. The lowest BCUT2D eigenvalue weighted by Gasteiger charge is -2.12. The molecule has 2 N–H and O–H groups in total. The van der Waals surface area contributed by atoms with Crippen molar-refractivity contribution in [2.45, 2.75) is 13.5 Å². The van der Waals surface area contributed by atoms with Gasteiger partial charge in [0.15, 0.2) is 0 Å². The number of rotatable bonds is 6. The summed E-state index contributed by atoms with van der Waals surface area (Å²) >= 11 is 1.51. The molecule has 0 spiro atoms. The third-order valence-corrected chi connectivity index (χ3v) is 5.30. The van der Waals surface area contributed by atoms with Crippen LogP contribution in [0.25, 0.3) is 16.2 Å². The van der Waals surface area contributed by atoms with Gasteiger partial charge < -0.3 is 15.5 Å². The van der Waals surface area contributed by atoms with Crippen molar-refractivity contribution < 1.29 is 4.79 Å². The van der Waals surface area contributed by atoms with Gasteiger partial charge in [0.2, 0.25) is 16.0 Å². The third kappa shape index (κ3) is 4.38. The quantitative estimate of drug-likeness (QED) is 0.504. The Morgan fingerprint density at radius 2 is 1.97 bits per heavy atom. The van der Waals surface area contributed by atoms with E-state index >= 15 is 0 Å². The average Bonchev–Trinajstić information content (AvgIpc) is 3.25. The fourth-order valence-electron chi connectivity index (χ4n) is 2.96. The van der Waals surface area contributed by atoms with Gasteiger partial charge >= 0.3 is 0 Å². The second kappa shape index (κ2) is 7.92. The molecule has 8 heteroatoms. The van der Waals surface area contributed by atoms with Crippen molar-refractivity contribution >= 4 is 38.7 Å². The van der Waals surface area contributed by atoms with E-state index in [0.717, 1.165) is 27.0 Å². The van der Waals surface area contributed by atoms with Crippen molar-refractivity contribution in [2.24, 2.45) is 0 Å². The number of imidazole rings is 1. The zero-order valence-electron chi connectivity index (χ0n) is 16.5. The van der Waals surface area contributed by atoms with E-state index in [2.05, 4.69) is 49.9 Å². The molecule has 4 rings (SSSR count). The number of nitrogens with zero attached hydrogens (tertiary/aromatic N) is 4. The van der Waals surface area contributed by atoms with Crippen LogP contribution in [-0.4, -0.2) is 34.6 Å². The van der Waals surface area contributed by atoms with Crippen LogP contribution in [-0.2, 0) is 11.3 Å². The summed E-state index contributed by atoms with van der Waals surface area (Å²) in [6, 6.07) is 16.1. The van der Waals surface area contributed by atoms with Crippen LogP contribution in [0.2, 0.25) is 0 Å². The third-order valence-electron chi connectivity index (χ3n) is 4.42. The molecular formula is C21H22N6OS. The Morgan fingerprint density at radius 1 is 1.17 bits per heavy atom. The first-order chi connectivity index (χ1) is 14.0. The zero-order chi connectivity index (χ0) is 20.4. The average molecular weight is 407 g/mol. The number of anilines is 3. The molecule has 0 aliphatic heterocycles. The number of hydrogen-bond donors (Lipinski definition) is 2. The number of carbonyl (C=O) groups excluding carboxylic acids is 1. The fraction of sp³-hybridized carbons (Fsp3) is 0.190. The molecule has 2 aromatic carbocycles. The minimum Gasteiger partial charge on any atom is -0.378 e. The summed E-state index contributed by atoms with van der Waals surface area (Å²) in [4.78, 5) is 18.8. The minimum absolute atomic E-state index is 0.0956.